The van der Waals surface area contributed by atoms with Gasteiger partial charge in [0.1, 0.15) is 10.8 Å². The maximum Gasteiger partial charge on any atom is 0.123 e. The van der Waals surface area contributed by atoms with Crippen LogP contribution in [-0.2, 0) is 6.54 Å². The zero-order chi connectivity index (χ0) is 12.3. The summed E-state index contributed by atoms with van der Waals surface area (Å²) >= 11 is 1.66. The summed E-state index contributed by atoms with van der Waals surface area (Å²) < 4.78 is 13.2. The van der Waals surface area contributed by atoms with Crippen LogP contribution in [0.4, 0.5) is 4.39 Å². The third kappa shape index (κ3) is 3.51. The Kier molecular flexibility index (Phi) is 5.72. The monoisotopic (exact) mass is 286 g/mol. The van der Waals surface area contributed by atoms with Gasteiger partial charge in [0.05, 0.1) is 5.69 Å². The predicted molar refractivity (Wildman–Crippen MR) is 76.9 cm³/mol. The van der Waals surface area contributed by atoms with Crippen molar-refractivity contribution >= 4 is 23.7 Å². The van der Waals surface area contributed by atoms with E-state index in [-0.39, 0.29) is 18.2 Å². The number of hydrogen-bond donors (Lipinski definition) is 1. The van der Waals surface area contributed by atoms with E-state index in [1.54, 1.807) is 17.4 Å². The molecule has 0 aliphatic carbocycles. The first kappa shape index (κ1) is 15.1. The van der Waals surface area contributed by atoms with Gasteiger partial charge in [0.25, 0.3) is 0 Å². The van der Waals surface area contributed by atoms with Crippen LogP contribution in [-0.4, -0.2) is 11.5 Å². The highest BCUT2D eigenvalue weighted by atomic mass is 35.5. The Hall–Kier alpha value is -0.970. The van der Waals surface area contributed by atoms with Gasteiger partial charge in [-0.2, -0.15) is 0 Å². The number of nitrogens with one attached hydrogen (secondary N) is 1. The van der Waals surface area contributed by atoms with Gasteiger partial charge in [-0.05, 0) is 25.6 Å². The first-order chi connectivity index (χ1) is 8.20. The van der Waals surface area contributed by atoms with E-state index in [2.05, 4.69) is 17.2 Å². The number of halogens is 2. The first-order valence-electron chi connectivity index (χ1n) is 5.63. The van der Waals surface area contributed by atoms with Crippen LogP contribution in [0.3, 0.4) is 0 Å². The van der Waals surface area contributed by atoms with Crippen molar-refractivity contribution in [1.29, 1.82) is 0 Å². The van der Waals surface area contributed by atoms with Crippen LogP contribution in [0.5, 0.6) is 0 Å². The Balaban J connectivity index is 0.00000162. The molecule has 1 aromatic heterocycles. The Morgan fingerprint density at radius 1 is 1.39 bits per heavy atom. The lowest BCUT2D eigenvalue weighted by molar-refractivity contribution is 0.628. The molecule has 2 rings (SSSR count). The lowest BCUT2D eigenvalue weighted by Crippen LogP contribution is -2.11. The average molecular weight is 287 g/mol. The molecule has 0 saturated carbocycles. The zero-order valence-electron chi connectivity index (χ0n) is 10.4. The zero-order valence-corrected chi connectivity index (χ0v) is 12.0. The van der Waals surface area contributed by atoms with Gasteiger partial charge in [0.15, 0.2) is 0 Å². The van der Waals surface area contributed by atoms with Crippen molar-refractivity contribution in [1.82, 2.24) is 10.3 Å². The maximum absolute atomic E-state index is 13.2. The quantitative estimate of drug-likeness (QED) is 0.925. The van der Waals surface area contributed by atoms with Gasteiger partial charge >= 0.3 is 0 Å². The molecule has 0 radical (unpaired) electrons. The average Bonchev–Trinajstić information content (AvgIpc) is 2.68. The fraction of sp³-hybridized carbons (Fsp3) is 0.308. The molecule has 2 nitrogen and oxygen atoms in total. The van der Waals surface area contributed by atoms with Crippen molar-refractivity contribution in [3.63, 3.8) is 0 Å². The molecule has 0 amide bonds. The van der Waals surface area contributed by atoms with Crippen molar-refractivity contribution in [2.45, 2.75) is 20.4 Å². The van der Waals surface area contributed by atoms with Gasteiger partial charge in [-0.1, -0.05) is 19.1 Å². The third-order valence-electron chi connectivity index (χ3n) is 2.47. The molecule has 0 aliphatic rings. The number of benzene rings is 1. The minimum absolute atomic E-state index is 0. The topological polar surface area (TPSA) is 24.9 Å². The number of thiazole rings is 1. The number of nitrogens with zero attached hydrogens (tertiary/aromatic N) is 1. The lowest BCUT2D eigenvalue weighted by atomic mass is 10.1. The Morgan fingerprint density at radius 2 is 2.17 bits per heavy atom. The maximum atomic E-state index is 13.2. The smallest absolute Gasteiger partial charge is 0.123 e. The minimum atomic E-state index is -0.219. The molecular weight excluding hydrogens is 271 g/mol. The SMILES string of the molecule is CCNCc1nc(-c2cccc(F)c2)c(C)s1.Cl. The lowest BCUT2D eigenvalue weighted by Gasteiger charge is -1.98. The number of hydrogen-bond acceptors (Lipinski definition) is 3. The van der Waals surface area contributed by atoms with Gasteiger partial charge in [-0.3, -0.25) is 0 Å². The van der Waals surface area contributed by atoms with E-state index in [4.69, 9.17) is 0 Å². The minimum Gasteiger partial charge on any atom is -0.311 e. The Bertz CT molecular complexity index is 513. The van der Waals surface area contributed by atoms with Crippen molar-refractivity contribution in [2.24, 2.45) is 0 Å². The second-order valence-electron chi connectivity index (χ2n) is 3.80. The van der Waals surface area contributed by atoms with Crippen molar-refractivity contribution in [3.8, 4) is 11.3 Å². The molecule has 0 bridgehead atoms. The number of aromatic nitrogens is 1. The summed E-state index contributed by atoms with van der Waals surface area (Å²) in [6.07, 6.45) is 0. The molecule has 1 aromatic carbocycles. The highest BCUT2D eigenvalue weighted by molar-refractivity contribution is 7.12. The van der Waals surface area contributed by atoms with Crippen molar-refractivity contribution in [2.75, 3.05) is 6.54 Å². The summed E-state index contributed by atoms with van der Waals surface area (Å²) in [6, 6.07) is 6.58. The van der Waals surface area contributed by atoms with Gasteiger partial charge < -0.3 is 5.32 Å². The molecule has 0 aliphatic heterocycles. The van der Waals surface area contributed by atoms with Crippen LogP contribution in [0.2, 0.25) is 0 Å². The normalized spacial score (nSPS) is 10.2. The van der Waals surface area contributed by atoms with Crippen LogP contribution in [0, 0.1) is 12.7 Å². The predicted octanol–water partition coefficient (Wildman–Crippen LogP) is 3.79. The highest BCUT2D eigenvalue weighted by Crippen LogP contribution is 2.27. The van der Waals surface area contributed by atoms with E-state index >= 15 is 0 Å². The summed E-state index contributed by atoms with van der Waals surface area (Å²) in [7, 11) is 0. The summed E-state index contributed by atoms with van der Waals surface area (Å²) in [6.45, 7) is 5.78. The van der Waals surface area contributed by atoms with E-state index in [0.29, 0.717) is 0 Å². The molecule has 2 aromatic rings. The van der Waals surface area contributed by atoms with Gasteiger partial charge in [-0.15, -0.1) is 23.7 Å². The highest BCUT2D eigenvalue weighted by Gasteiger charge is 2.09. The van der Waals surface area contributed by atoms with Gasteiger partial charge in [-0.25, -0.2) is 9.37 Å². The van der Waals surface area contributed by atoms with E-state index in [1.165, 1.54) is 12.1 Å². The number of rotatable bonds is 4. The van der Waals surface area contributed by atoms with Gasteiger partial charge in [0.2, 0.25) is 0 Å². The van der Waals surface area contributed by atoms with E-state index in [0.717, 1.165) is 34.2 Å². The van der Waals surface area contributed by atoms with Crippen molar-refractivity contribution in [3.05, 3.63) is 40.0 Å². The van der Waals surface area contributed by atoms with Gasteiger partial charge in [0, 0.05) is 17.0 Å². The second-order valence-corrected chi connectivity index (χ2v) is 5.09. The molecule has 0 unspecified atom stereocenters. The van der Waals surface area contributed by atoms with Crippen LogP contribution in [0.25, 0.3) is 11.3 Å². The van der Waals surface area contributed by atoms with Crippen LogP contribution >= 0.6 is 23.7 Å². The number of aryl methyl sites for hydroxylation is 1. The van der Waals surface area contributed by atoms with E-state index < -0.39 is 0 Å². The molecular formula is C13H16ClFN2S. The molecule has 98 valence electrons. The first-order valence-corrected chi connectivity index (χ1v) is 6.45. The third-order valence-corrected chi connectivity index (χ3v) is 3.44. The summed E-state index contributed by atoms with van der Waals surface area (Å²) in [5, 5.41) is 4.29. The molecule has 1 N–H and O–H groups in total. The fourth-order valence-electron chi connectivity index (χ4n) is 1.66. The summed E-state index contributed by atoms with van der Waals surface area (Å²) in [5.74, 6) is -0.219. The molecule has 18 heavy (non-hydrogen) atoms. The molecule has 0 saturated heterocycles. The van der Waals surface area contributed by atoms with E-state index in [9.17, 15) is 4.39 Å². The van der Waals surface area contributed by atoms with Crippen LogP contribution < -0.4 is 5.32 Å². The molecule has 0 atom stereocenters. The molecule has 1 heterocycles. The second kappa shape index (κ2) is 6.83. The Labute approximate surface area is 117 Å². The standard InChI is InChI=1S/C13H15FN2S.ClH/c1-3-15-8-12-16-13(9(2)17-12)10-5-4-6-11(14)7-10;/h4-7,15H,3,8H2,1-2H3;1H. The summed E-state index contributed by atoms with van der Waals surface area (Å²) in [4.78, 5) is 5.68. The largest absolute Gasteiger partial charge is 0.311 e. The molecule has 5 heteroatoms. The Morgan fingerprint density at radius 3 is 2.83 bits per heavy atom. The van der Waals surface area contributed by atoms with Crippen molar-refractivity contribution < 1.29 is 4.39 Å². The summed E-state index contributed by atoms with van der Waals surface area (Å²) in [5.41, 5.74) is 1.74. The molecule has 0 spiro atoms. The van der Waals surface area contributed by atoms with Crippen LogP contribution in [0.1, 0.15) is 16.8 Å². The fourth-order valence-corrected chi connectivity index (χ4v) is 2.59. The van der Waals surface area contributed by atoms with Crippen LogP contribution in [0.15, 0.2) is 24.3 Å². The van der Waals surface area contributed by atoms with E-state index in [1.807, 2.05) is 13.0 Å². The molecule has 0 fully saturated rings.